The lowest BCUT2D eigenvalue weighted by atomic mass is 9.89. The first kappa shape index (κ1) is 8.90. The van der Waals surface area contributed by atoms with Crippen molar-refractivity contribution in [2.75, 3.05) is 0 Å². The van der Waals surface area contributed by atoms with Gasteiger partial charge in [0.25, 0.3) is 0 Å². The predicted molar refractivity (Wildman–Crippen MR) is 39.3 cm³/mol. The first-order chi connectivity index (χ1) is 5.57. The van der Waals surface area contributed by atoms with Crippen molar-refractivity contribution in [2.45, 2.75) is 20.0 Å². The molecule has 0 aliphatic carbocycles. The Balaban J connectivity index is 2.82. The smallest absolute Gasteiger partial charge is 0.309 e. The van der Waals surface area contributed by atoms with Gasteiger partial charge in [-0.2, -0.15) is 0 Å². The number of carbonyl (C=O) groups is 3. The summed E-state index contributed by atoms with van der Waals surface area (Å²) in [5, 5.41) is 0. The van der Waals surface area contributed by atoms with E-state index in [2.05, 4.69) is 0 Å². The molecule has 1 heterocycles. The maximum Gasteiger partial charge on any atom is 0.309 e. The standard InChI is InChI=1S/C8H10O4/c1-4-7(6(10)3-9)5(2)12-8(4)11/h3-5,7H,1-2H3/t4?,5-,7?/m1/s1. The van der Waals surface area contributed by atoms with Crippen LogP contribution in [-0.2, 0) is 19.1 Å². The molecule has 0 amide bonds. The van der Waals surface area contributed by atoms with Crippen LogP contribution in [0.5, 0.6) is 0 Å². The van der Waals surface area contributed by atoms with Crippen LogP contribution in [0.25, 0.3) is 0 Å². The van der Waals surface area contributed by atoms with Crippen molar-refractivity contribution in [3.63, 3.8) is 0 Å². The molecule has 4 heteroatoms. The molecule has 1 aliphatic rings. The molecule has 0 N–H and O–H groups in total. The van der Waals surface area contributed by atoms with Crippen molar-refractivity contribution < 1.29 is 19.1 Å². The Hall–Kier alpha value is -1.19. The second-order valence-corrected chi connectivity index (χ2v) is 2.98. The lowest BCUT2D eigenvalue weighted by Crippen LogP contribution is -2.27. The Morgan fingerprint density at radius 1 is 1.50 bits per heavy atom. The van der Waals surface area contributed by atoms with E-state index in [1.807, 2.05) is 0 Å². The van der Waals surface area contributed by atoms with Gasteiger partial charge in [0.2, 0.25) is 5.78 Å². The van der Waals surface area contributed by atoms with Gasteiger partial charge in [-0.1, -0.05) is 6.92 Å². The molecule has 1 rings (SSSR count). The van der Waals surface area contributed by atoms with Gasteiger partial charge in [0.15, 0.2) is 6.29 Å². The van der Waals surface area contributed by atoms with Crippen molar-refractivity contribution >= 4 is 18.0 Å². The SMILES string of the molecule is CC1C(=O)O[C@H](C)C1C(=O)C=O. The topological polar surface area (TPSA) is 60.4 Å². The van der Waals surface area contributed by atoms with Gasteiger partial charge in [0.1, 0.15) is 6.10 Å². The Morgan fingerprint density at radius 2 is 2.08 bits per heavy atom. The number of Topliss-reactive ketones (excluding diaryl/α,β-unsaturated/α-hetero) is 1. The fourth-order valence-corrected chi connectivity index (χ4v) is 1.47. The third-order valence-corrected chi connectivity index (χ3v) is 2.16. The molecular weight excluding hydrogens is 160 g/mol. The van der Waals surface area contributed by atoms with Gasteiger partial charge in [0, 0.05) is 0 Å². The van der Waals surface area contributed by atoms with Crippen molar-refractivity contribution in [2.24, 2.45) is 11.8 Å². The van der Waals surface area contributed by atoms with Crippen LogP contribution in [0.15, 0.2) is 0 Å². The normalized spacial score (nSPS) is 34.5. The Labute approximate surface area is 69.9 Å². The summed E-state index contributed by atoms with van der Waals surface area (Å²) in [6.45, 7) is 3.21. The average Bonchev–Trinajstić information content (AvgIpc) is 2.26. The van der Waals surface area contributed by atoms with E-state index in [9.17, 15) is 14.4 Å². The van der Waals surface area contributed by atoms with Crippen molar-refractivity contribution in [3.8, 4) is 0 Å². The first-order valence-electron chi connectivity index (χ1n) is 3.77. The highest BCUT2D eigenvalue weighted by atomic mass is 16.6. The summed E-state index contributed by atoms with van der Waals surface area (Å²) in [6, 6.07) is 0. The third-order valence-electron chi connectivity index (χ3n) is 2.16. The van der Waals surface area contributed by atoms with Crippen molar-refractivity contribution in [1.82, 2.24) is 0 Å². The Bertz CT molecular complexity index is 233. The molecule has 0 spiro atoms. The largest absolute Gasteiger partial charge is 0.462 e. The number of ether oxygens (including phenoxy) is 1. The molecule has 4 nitrogen and oxygen atoms in total. The van der Waals surface area contributed by atoms with E-state index < -0.39 is 29.7 Å². The molecule has 1 saturated heterocycles. The molecule has 1 aliphatic heterocycles. The van der Waals surface area contributed by atoms with E-state index in [1.54, 1.807) is 13.8 Å². The second kappa shape index (κ2) is 3.05. The maximum absolute atomic E-state index is 11.0. The van der Waals surface area contributed by atoms with E-state index >= 15 is 0 Å². The number of hydrogen-bond donors (Lipinski definition) is 0. The zero-order chi connectivity index (χ0) is 9.30. The van der Waals surface area contributed by atoms with Crippen LogP contribution in [0.1, 0.15) is 13.8 Å². The minimum Gasteiger partial charge on any atom is -0.462 e. The number of carbonyl (C=O) groups excluding carboxylic acids is 3. The lowest BCUT2D eigenvalue weighted by Gasteiger charge is -2.09. The Kier molecular flexibility index (Phi) is 2.26. The second-order valence-electron chi connectivity index (χ2n) is 2.98. The fourth-order valence-electron chi connectivity index (χ4n) is 1.47. The van der Waals surface area contributed by atoms with E-state index in [4.69, 9.17) is 4.74 Å². The zero-order valence-electron chi connectivity index (χ0n) is 6.94. The van der Waals surface area contributed by atoms with Crippen LogP contribution in [0, 0.1) is 11.8 Å². The molecule has 0 aromatic rings. The number of aldehydes is 1. The van der Waals surface area contributed by atoms with E-state index in [0.717, 1.165) is 0 Å². The van der Waals surface area contributed by atoms with Crippen LogP contribution in [-0.4, -0.2) is 24.1 Å². The van der Waals surface area contributed by atoms with Gasteiger partial charge in [-0.15, -0.1) is 0 Å². The highest BCUT2D eigenvalue weighted by Crippen LogP contribution is 2.27. The number of cyclic esters (lactones) is 1. The van der Waals surface area contributed by atoms with Crippen LogP contribution < -0.4 is 0 Å². The molecule has 1 fully saturated rings. The van der Waals surface area contributed by atoms with E-state index in [-0.39, 0.29) is 6.29 Å². The summed E-state index contributed by atoms with van der Waals surface area (Å²) >= 11 is 0. The molecule has 0 radical (unpaired) electrons. The maximum atomic E-state index is 11.0. The minimum absolute atomic E-state index is 0.250. The summed E-state index contributed by atoms with van der Waals surface area (Å²) < 4.78 is 4.79. The summed E-state index contributed by atoms with van der Waals surface area (Å²) in [6.07, 6.45) is -0.218. The molecule has 66 valence electrons. The minimum atomic E-state index is -0.588. The lowest BCUT2D eigenvalue weighted by molar-refractivity contribution is -0.143. The Morgan fingerprint density at radius 3 is 2.42 bits per heavy atom. The number of ketones is 1. The van der Waals surface area contributed by atoms with Gasteiger partial charge < -0.3 is 4.74 Å². The summed E-state index contributed by atoms with van der Waals surface area (Å²) in [4.78, 5) is 32.1. The number of esters is 1. The first-order valence-corrected chi connectivity index (χ1v) is 3.77. The number of hydrogen-bond acceptors (Lipinski definition) is 4. The molecule has 2 unspecified atom stereocenters. The average molecular weight is 170 g/mol. The molecule has 0 bridgehead atoms. The van der Waals surface area contributed by atoms with Gasteiger partial charge in [-0.3, -0.25) is 14.4 Å². The third kappa shape index (κ3) is 1.24. The molecule has 3 atom stereocenters. The quantitative estimate of drug-likeness (QED) is 0.331. The molecule has 0 aromatic heterocycles. The van der Waals surface area contributed by atoms with Gasteiger partial charge in [0.05, 0.1) is 11.8 Å². The highest BCUT2D eigenvalue weighted by Gasteiger charge is 2.43. The van der Waals surface area contributed by atoms with Gasteiger partial charge in [-0.25, -0.2) is 0 Å². The molecule has 12 heavy (non-hydrogen) atoms. The zero-order valence-corrected chi connectivity index (χ0v) is 6.94. The summed E-state index contributed by atoms with van der Waals surface area (Å²) in [5.41, 5.74) is 0. The fraction of sp³-hybridized carbons (Fsp3) is 0.625. The van der Waals surface area contributed by atoms with E-state index in [1.165, 1.54) is 0 Å². The van der Waals surface area contributed by atoms with Crippen LogP contribution in [0.3, 0.4) is 0 Å². The molecule has 0 saturated carbocycles. The van der Waals surface area contributed by atoms with Crippen LogP contribution in [0.2, 0.25) is 0 Å². The monoisotopic (exact) mass is 170 g/mol. The van der Waals surface area contributed by atoms with Crippen LogP contribution >= 0.6 is 0 Å². The predicted octanol–water partition coefficient (Wildman–Crippen LogP) is -0.0480. The van der Waals surface area contributed by atoms with Crippen molar-refractivity contribution in [1.29, 1.82) is 0 Å². The van der Waals surface area contributed by atoms with Gasteiger partial charge >= 0.3 is 5.97 Å². The highest BCUT2D eigenvalue weighted by molar-refractivity contribution is 6.27. The molecular formula is C8H10O4. The summed E-state index contributed by atoms with van der Waals surface area (Å²) in [5.74, 6) is -2.03. The molecule has 0 aromatic carbocycles. The summed E-state index contributed by atoms with van der Waals surface area (Å²) in [7, 11) is 0. The van der Waals surface area contributed by atoms with Gasteiger partial charge in [-0.05, 0) is 6.92 Å². The number of rotatable bonds is 2. The van der Waals surface area contributed by atoms with Crippen LogP contribution in [0.4, 0.5) is 0 Å². The van der Waals surface area contributed by atoms with E-state index in [0.29, 0.717) is 0 Å². The van der Waals surface area contributed by atoms with Crippen molar-refractivity contribution in [3.05, 3.63) is 0 Å².